The van der Waals surface area contributed by atoms with Crippen molar-refractivity contribution >= 4 is 40.2 Å². The first-order valence-electron chi connectivity index (χ1n) is 8.06. The Hall–Kier alpha value is -2.39. The maximum atomic E-state index is 6.02. The molecule has 0 spiro atoms. The highest BCUT2D eigenvalue weighted by atomic mass is 35.5. The number of hydrogen-bond acceptors (Lipinski definition) is 3. The normalized spacial score (nSPS) is 10.9. The second-order valence-corrected chi connectivity index (χ2v) is 5.69. The molecular weight excluding hydrogens is 318 g/mol. The summed E-state index contributed by atoms with van der Waals surface area (Å²) in [7, 11) is 0. The van der Waals surface area contributed by atoms with Gasteiger partial charge in [0.1, 0.15) is 0 Å². The summed E-state index contributed by atoms with van der Waals surface area (Å²) in [6, 6.07) is 20.1. The summed E-state index contributed by atoms with van der Waals surface area (Å²) in [5.41, 5.74) is 9.84. The van der Waals surface area contributed by atoms with Crippen LogP contribution in [0.25, 0.3) is 10.8 Å². The molecule has 124 valence electrons. The van der Waals surface area contributed by atoms with Crippen LogP contribution in [0.3, 0.4) is 0 Å². The Morgan fingerprint density at radius 3 is 2.25 bits per heavy atom. The molecule has 0 fully saturated rings. The third kappa shape index (κ3) is 4.12. The van der Waals surface area contributed by atoms with Crippen molar-refractivity contribution in [3.05, 3.63) is 66.2 Å². The summed E-state index contributed by atoms with van der Waals surface area (Å²) in [5, 5.41) is 10.8. The largest absolute Gasteiger partial charge is 0.398 e. The molecule has 0 heterocycles. The third-order valence-electron chi connectivity index (χ3n) is 3.96. The Balaban J connectivity index is 0.00000208. The summed E-state index contributed by atoms with van der Waals surface area (Å²) < 4.78 is 0. The number of aryl methyl sites for hydroxylation is 1. The fourth-order valence-electron chi connectivity index (χ4n) is 2.62. The maximum absolute atomic E-state index is 6.02. The zero-order valence-corrected chi connectivity index (χ0v) is 14.6. The molecule has 0 atom stereocenters. The van der Waals surface area contributed by atoms with E-state index in [1.165, 1.54) is 18.4 Å². The van der Waals surface area contributed by atoms with Crippen molar-refractivity contribution in [3.8, 4) is 0 Å². The molecule has 0 bridgehead atoms. The third-order valence-corrected chi connectivity index (χ3v) is 3.96. The predicted molar refractivity (Wildman–Crippen MR) is 105 cm³/mol. The molecule has 0 aliphatic rings. The number of anilines is 1. The van der Waals surface area contributed by atoms with Crippen LogP contribution < -0.4 is 5.73 Å². The molecule has 0 saturated heterocycles. The lowest BCUT2D eigenvalue weighted by molar-refractivity contribution is 0.795. The van der Waals surface area contributed by atoms with Gasteiger partial charge < -0.3 is 5.73 Å². The van der Waals surface area contributed by atoms with E-state index in [4.69, 9.17) is 5.73 Å². The molecule has 24 heavy (non-hydrogen) atoms. The van der Waals surface area contributed by atoms with Crippen LogP contribution in [-0.2, 0) is 6.42 Å². The number of nitrogens with two attached hydrogens (primary N) is 1. The van der Waals surface area contributed by atoms with Crippen molar-refractivity contribution < 1.29 is 0 Å². The molecule has 0 saturated carbocycles. The minimum atomic E-state index is 0. The lowest BCUT2D eigenvalue weighted by Gasteiger charge is -2.04. The van der Waals surface area contributed by atoms with Gasteiger partial charge in [-0.1, -0.05) is 49.7 Å². The van der Waals surface area contributed by atoms with Crippen LogP contribution in [0.15, 0.2) is 70.9 Å². The zero-order valence-electron chi connectivity index (χ0n) is 13.8. The number of benzene rings is 3. The van der Waals surface area contributed by atoms with Gasteiger partial charge in [-0.2, -0.15) is 5.11 Å². The number of halogens is 1. The molecule has 0 aromatic heterocycles. The molecule has 3 aromatic rings. The second kappa shape index (κ2) is 8.46. The number of rotatable bonds is 5. The molecule has 3 aromatic carbocycles. The average molecular weight is 340 g/mol. The fourth-order valence-corrected chi connectivity index (χ4v) is 2.62. The van der Waals surface area contributed by atoms with Gasteiger partial charge in [-0.15, -0.1) is 17.5 Å². The maximum Gasteiger partial charge on any atom is 0.0936 e. The Morgan fingerprint density at radius 1 is 0.833 bits per heavy atom. The van der Waals surface area contributed by atoms with Gasteiger partial charge in [0.2, 0.25) is 0 Å². The molecule has 0 aliphatic carbocycles. The number of fused-ring (bicyclic) bond motifs is 1. The van der Waals surface area contributed by atoms with Gasteiger partial charge in [0.05, 0.1) is 11.4 Å². The van der Waals surface area contributed by atoms with E-state index in [1.807, 2.05) is 48.5 Å². The number of azo groups is 1. The van der Waals surface area contributed by atoms with Crippen molar-refractivity contribution in [2.45, 2.75) is 26.2 Å². The summed E-state index contributed by atoms with van der Waals surface area (Å²) in [5.74, 6) is 0. The first-order chi connectivity index (χ1) is 11.3. The van der Waals surface area contributed by atoms with Crippen LogP contribution in [0.4, 0.5) is 17.1 Å². The van der Waals surface area contributed by atoms with E-state index in [2.05, 4.69) is 29.3 Å². The van der Waals surface area contributed by atoms with Crippen molar-refractivity contribution in [2.24, 2.45) is 10.2 Å². The molecule has 3 rings (SSSR count). The molecular formula is C20H22ClN3. The summed E-state index contributed by atoms with van der Waals surface area (Å²) >= 11 is 0. The summed E-state index contributed by atoms with van der Waals surface area (Å²) in [6.07, 6.45) is 3.56. The zero-order chi connectivity index (χ0) is 16.1. The lowest BCUT2D eigenvalue weighted by Crippen LogP contribution is -1.86. The molecule has 0 amide bonds. The molecule has 4 heteroatoms. The number of nitrogens with zero attached hydrogens (tertiary/aromatic N) is 2. The number of nitrogen functional groups attached to an aromatic ring is 1. The molecule has 0 radical (unpaired) electrons. The van der Waals surface area contributed by atoms with Gasteiger partial charge in [0.25, 0.3) is 0 Å². The van der Waals surface area contributed by atoms with E-state index in [1.54, 1.807) is 0 Å². The van der Waals surface area contributed by atoms with Gasteiger partial charge in [0.15, 0.2) is 0 Å². The quantitative estimate of drug-likeness (QED) is 0.413. The first kappa shape index (κ1) is 18.0. The number of hydrogen-bond donors (Lipinski definition) is 1. The predicted octanol–water partition coefficient (Wildman–Crippen LogP) is 6.60. The Kier molecular flexibility index (Phi) is 6.33. The topological polar surface area (TPSA) is 50.7 Å². The van der Waals surface area contributed by atoms with Crippen LogP contribution >= 0.6 is 12.4 Å². The molecule has 3 nitrogen and oxygen atoms in total. The highest BCUT2D eigenvalue weighted by Gasteiger charge is 2.02. The van der Waals surface area contributed by atoms with E-state index in [0.29, 0.717) is 0 Å². The Morgan fingerprint density at radius 2 is 1.54 bits per heavy atom. The van der Waals surface area contributed by atoms with Gasteiger partial charge in [0, 0.05) is 16.5 Å². The lowest BCUT2D eigenvalue weighted by atomic mass is 10.1. The first-order valence-corrected chi connectivity index (χ1v) is 8.06. The summed E-state index contributed by atoms with van der Waals surface area (Å²) in [4.78, 5) is 0. The van der Waals surface area contributed by atoms with Gasteiger partial charge in [-0.25, -0.2) is 0 Å². The second-order valence-electron chi connectivity index (χ2n) is 5.69. The highest BCUT2D eigenvalue weighted by molar-refractivity contribution is 5.99. The van der Waals surface area contributed by atoms with E-state index in [0.717, 1.165) is 34.3 Å². The summed E-state index contributed by atoms with van der Waals surface area (Å²) in [6.45, 7) is 2.21. The molecule has 2 N–H and O–H groups in total. The number of unbranched alkanes of at least 4 members (excludes halogenated alkanes) is 1. The van der Waals surface area contributed by atoms with Crippen molar-refractivity contribution in [1.82, 2.24) is 0 Å². The van der Waals surface area contributed by atoms with Crippen LogP contribution in [0.1, 0.15) is 25.3 Å². The molecule has 0 unspecified atom stereocenters. The SMILES string of the molecule is CCCCc1ccc(N=Nc2ccc(N)c3ccccc23)cc1.Cl. The van der Waals surface area contributed by atoms with Gasteiger partial charge in [-0.3, -0.25) is 0 Å². The van der Waals surface area contributed by atoms with Gasteiger partial charge in [-0.05, 0) is 42.7 Å². The van der Waals surface area contributed by atoms with Crippen molar-refractivity contribution in [1.29, 1.82) is 0 Å². The smallest absolute Gasteiger partial charge is 0.0936 e. The highest BCUT2D eigenvalue weighted by Crippen LogP contribution is 2.31. The fraction of sp³-hybridized carbons (Fsp3) is 0.200. The van der Waals surface area contributed by atoms with E-state index in [-0.39, 0.29) is 12.4 Å². The van der Waals surface area contributed by atoms with Crippen LogP contribution in [0.5, 0.6) is 0 Å². The molecule has 0 aliphatic heterocycles. The van der Waals surface area contributed by atoms with Crippen LogP contribution in [-0.4, -0.2) is 0 Å². The standard InChI is InChI=1S/C20H21N3.ClH/c1-2-3-6-15-9-11-16(12-10-15)22-23-20-14-13-19(21)17-7-4-5-8-18(17)20;/h4-5,7-14H,2-3,6,21H2,1H3;1H. The minimum Gasteiger partial charge on any atom is -0.398 e. The van der Waals surface area contributed by atoms with Gasteiger partial charge >= 0.3 is 0 Å². The Bertz CT molecular complexity index is 826. The van der Waals surface area contributed by atoms with Crippen LogP contribution in [0, 0.1) is 0 Å². The van der Waals surface area contributed by atoms with Crippen molar-refractivity contribution in [3.63, 3.8) is 0 Å². The van der Waals surface area contributed by atoms with Crippen molar-refractivity contribution in [2.75, 3.05) is 5.73 Å². The van der Waals surface area contributed by atoms with E-state index >= 15 is 0 Å². The average Bonchev–Trinajstić information content (AvgIpc) is 2.60. The van der Waals surface area contributed by atoms with E-state index < -0.39 is 0 Å². The monoisotopic (exact) mass is 339 g/mol. The van der Waals surface area contributed by atoms with Crippen LogP contribution in [0.2, 0.25) is 0 Å². The Labute approximate surface area is 149 Å². The minimum absolute atomic E-state index is 0. The van der Waals surface area contributed by atoms with E-state index in [9.17, 15) is 0 Å².